The van der Waals surface area contributed by atoms with E-state index in [1.807, 2.05) is 13.1 Å². The highest BCUT2D eigenvalue weighted by molar-refractivity contribution is 7.10. The van der Waals surface area contributed by atoms with Crippen LogP contribution < -0.4 is 15.6 Å². The maximum atomic E-state index is 15.4. The normalized spacial score (nSPS) is 30.0. The lowest BCUT2D eigenvalue weighted by atomic mass is 9.73. The van der Waals surface area contributed by atoms with Gasteiger partial charge in [0.05, 0.1) is 72.6 Å². The zero-order valence-corrected chi connectivity index (χ0v) is 46.9. The fourth-order valence-corrected chi connectivity index (χ4v) is 14.1. The van der Waals surface area contributed by atoms with Crippen molar-refractivity contribution in [2.24, 2.45) is 17.3 Å². The number of benzene rings is 1. The van der Waals surface area contributed by atoms with Gasteiger partial charge in [0.15, 0.2) is 0 Å². The summed E-state index contributed by atoms with van der Waals surface area (Å²) in [4.78, 5) is 62.5. The largest absolute Gasteiger partial charge is 0.464 e. The SMILES string of the molecule is COC1CN([C@@H]2c3nc(cs3)-c3ccc4c(c3)c(c(-c3cc(N5CCN(C6CC6)CC5)cnc3[C@H](C)OC)n4CCOC3CCOCC3)CC(C)(C)COC(=O)[C@H]3NN(C(=O)[C@H]2NC(=O)C2CC(C)[C@H](C)O2)C2CC3C2)C1. The number of nitrogens with zero attached hydrogens (tertiary/aromatic N) is 7. The van der Waals surface area contributed by atoms with E-state index < -0.39 is 29.6 Å². The Bertz CT molecular complexity index is 2800. The average molecular weight is 1080 g/mol. The van der Waals surface area contributed by atoms with Gasteiger partial charge in [-0.25, -0.2) is 10.4 Å². The van der Waals surface area contributed by atoms with Crippen LogP contribution in [0.1, 0.15) is 108 Å². The number of rotatable bonds is 13. The van der Waals surface area contributed by atoms with E-state index in [9.17, 15) is 9.59 Å². The molecular formula is C58H79N9O9S. The van der Waals surface area contributed by atoms with Crippen molar-refractivity contribution < 1.29 is 42.8 Å². The Morgan fingerprint density at radius 3 is 2.47 bits per heavy atom. The van der Waals surface area contributed by atoms with Crippen LogP contribution in [0.3, 0.4) is 0 Å². The Labute approximate surface area is 456 Å². The lowest BCUT2D eigenvalue weighted by Gasteiger charge is -2.54. The molecule has 4 aromatic rings. The first-order valence-corrected chi connectivity index (χ1v) is 29.4. The van der Waals surface area contributed by atoms with E-state index in [1.54, 1.807) is 19.2 Å². The summed E-state index contributed by atoms with van der Waals surface area (Å²) in [6.07, 6.45) is 7.72. The molecule has 2 unspecified atom stereocenters. The molecule has 18 nitrogen and oxygen atoms in total. The summed E-state index contributed by atoms with van der Waals surface area (Å²) in [5, 5.41) is 8.69. The molecule has 9 aliphatic rings. The molecule has 6 saturated heterocycles. The number of amides is 2. The third-order valence-corrected chi connectivity index (χ3v) is 19.2. The number of carbonyl (C=O) groups is 3. The number of hydrogen-bond acceptors (Lipinski definition) is 16. The maximum Gasteiger partial charge on any atom is 0.325 e. The summed E-state index contributed by atoms with van der Waals surface area (Å²) in [5.74, 6) is -0.844. The molecule has 3 aromatic heterocycles. The molecule has 0 radical (unpaired) electrons. The van der Waals surface area contributed by atoms with E-state index in [4.69, 9.17) is 38.4 Å². The second-order valence-corrected chi connectivity index (χ2v) is 25.0. The van der Waals surface area contributed by atoms with Crippen LogP contribution in [0.5, 0.6) is 0 Å². The van der Waals surface area contributed by atoms with E-state index in [0.29, 0.717) is 70.1 Å². The average Bonchev–Trinajstić information content (AvgIpc) is 4.17. The van der Waals surface area contributed by atoms with Crippen LogP contribution in [-0.4, -0.2) is 176 Å². The molecule has 19 heteroatoms. The molecule has 77 heavy (non-hydrogen) atoms. The molecule has 0 spiro atoms. The van der Waals surface area contributed by atoms with Crippen LogP contribution in [0.25, 0.3) is 33.4 Å². The number of fused-ring (bicyclic) bond motifs is 4. The second kappa shape index (κ2) is 21.8. The number of aromatic nitrogens is 3. The van der Waals surface area contributed by atoms with Gasteiger partial charge in [0.25, 0.3) is 5.91 Å². The second-order valence-electron chi connectivity index (χ2n) is 24.2. The zero-order chi connectivity index (χ0) is 53.3. The van der Waals surface area contributed by atoms with Gasteiger partial charge in [0.1, 0.15) is 23.2 Å². The van der Waals surface area contributed by atoms with Gasteiger partial charge in [0.2, 0.25) is 5.91 Å². The molecule has 2 aliphatic carbocycles. The maximum absolute atomic E-state index is 15.4. The standard InChI is InChI=1S/C58H79N9O9S/c1-33-22-48(76-34(33)2)54(68)61-51-53(65-29-42(30-65)72-7)55-60-46(31-77-55)36-8-11-47-43(25-36)45(27-58(4,5)32-75-57(70)50-37-23-39(24-37)67(62-50)56(51)69)52(66(47)18-21-74-41-12-19-73-20-13-41)44-26-40(28-59-49(44)35(3)71-6)64-16-14-63(15-17-64)38-9-10-38/h8,11,25-26,28,31,33-35,37-39,41-42,48,50-51,53,62H,9-10,12-24,27,29-30,32H2,1-7H3,(H,61,68)/t33?,34-,35-,37?,39?,48?,50-,51-,53-/m0/s1. The minimum Gasteiger partial charge on any atom is -0.464 e. The summed E-state index contributed by atoms with van der Waals surface area (Å²) < 4.78 is 39.4. The number of hydrogen-bond donors (Lipinski definition) is 2. The number of nitrogens with one attached hydrogen (secondary N) is 2. The summed E-state index contributed by atoms with van der Waals surface area (Å²) >= 11 is 1.49. The molecule has 2 amide bonds. The number of likely N-dealkylation sites (tertiary alicyclic amines) is 1. The van der Waals surface area contributed by atoms with Crippen LogP contribution >= 0.6 is 11.3 Å². The number of hydrazine groups is 1. The van der Waals surface area contributed by atoms with E-state index in [2.05, 4.69) is 87.3 Å². The summed E-state index contributed by atoms with van der Waals surface area (Å²) in [7, 11) is 3.45. The Kier molecular flexibility index (Phi) is 15.0. The van der Waals surface area contributed by atoms with Crippen LogP contribution in [0.15, 0.2) is 35.8 Å². The van der Waals surface area contributed by atoms with E-state index in [0.717, 1.165) is 95.4 Å². The zero-order valence-electron chi connectivity index (χ0n) is 46.0. The van der Waals surface area contributed by atoms with Gasteiger partial charge in [-0.1, -0.05) is 26.8 Å². The van der Waals surface area contributed by atoms with Crippen LogP contribution in [0, 0.1) is 17.3 Å². The number of piperazine rings is 1. The van der Waals surface area contributed by atoms with Gasteiger partial charge in [0, 0.05) is 118 Å². The number of ether oxygens (including phenoxy) is 6. The quantitative estimate of drug-likeness (QED) is 0.143. The van der Waals surface area contributed by atoms with Crippen LogP contribution in [0.4, 0.5) is 5.69 Å². The van der Waals surface area contributed by atoms with Crippen molar-refractivity contribution in [1.29, 1.82) is 0 Å². The van der Waals surface area contributed by atoms with E-state index in [1.165, 1.54) is 24.2 Å². The summed E-state index contributed by atoms with van der Waals surface area (Å²) in [6.45, 7) is 18.1. The van der Waals surface area contributed by atoms with Gasteiger partial charge in [-0.15, -0.1) is 11.3 Å². The highest BCUT2D eigenvalue weighted by atomic mass is 32.1. The monoisotopic (exact) mass is 1080 g/mol. The van der Waals surface area contributed by atoms with Gasteiger partial charge >= 0.3 is 5.97 Å². The Hall–Kier alpha value is -4.57. The van der Waals surface area contributed by atoms with Gasteiger partial charge < -0.3 is 43.2 Å². The van der Waals surface area contributed by atoms with Gasteiger partial charge in [-0.3, -0.25) is 34.2 Å². The first kappa shape index (κ1) is 53.1. The number of pyridine rings is 1. The molecule has 13 rings (SSSR count). The van der Waals surface area contributed by atoms with Crippen LogP contribution in [0.2, 0.25) is 0 Å². The first-order chi connectivity index (χ1) is 37.2. The molecule has 2 saturated carbocycles. The molecule has 8 bridgehead atoms. The number of methoxy groups -OCH3 is 2. The molecule has 8 fully saturated rings. The highest BCUT2D eigenvalue weighted by Crippen LogP contribution is 2.46. The fraction of sp³-hybridized carbons (Fsp3) is 0.672. The lowest BCUT2D eigenvalue weighted by molar-refractivity contribution is -0.173. The number of cyclic esters (lactones) is 1. The summed E-state index contributed by atoms with van der Waals surface area (Å²) in [5.41, 5.74) is 10.7. The fourth-order valence-electron chi connectivity index (χ4n) is 13.1. The van der Waals surface area contributed by atoms with E-state index >= 15 is 4.79 Å². The van der Waals surface area contributed by atoms with E-state index in [-0.39, 0.29) is 66.7 Å². The van der Waals surface area contributed by atoms with Gasteiger partial charge in [-0.2, -0.15) is 0 Å². The molecular weight excluding hydrogens is 999 g/mol. The third-order valence-electron chi connectivity index (χ3n) is 18.3. The number of thiazole rings is 1. The van der Waals surface area contributed by atoms with Crippen molar-refractivity contribution in [1.82, 2.24) is 40.1 Å². The smallest absolute Gasteiger partial charge is 0.325 e. The Morgan fingerprint density at radius 1 is 0.974 bits per heavy atom. The Balaban J connectivity index is 1.00. The third kappa shape index (κ3) is 10.6. The van der Waals surface area contributed by atoms with Crippen molar-refractivity contribution >= 4 is 45.7 Å². The molecule has 10 heterocycles. The topological polar surface area (TPSA) is 174 Å². The van der Waals surface area contributed by atoms with Crippen LogP contribution in [-0.2, 0) is 55.8 Å². The molecule has 2 N–H and O–H groups in total. The lowest BCUT2D eigenvalue weighted by Crippen LogP contribution is -2.73. The minimum atomic E-state index is -1.06. The molecule has 7 atom stereocenters. The first-order valence-electron chi connectivity index (χ1n) is 28.5. The number of carbonyl (C=O) groups excluding carboxylic acids is 3. The van der Waals surface area contributed by atoms with Crippen molar-refractivity contribution in [3.63, 3.8) is 0 Å². The molecule has 7 aliphatic heterocycles. The minimum absolute atomic E-state index is 0.00679. The van der Waals surface area contributed by atoms with Crippen molar-refractivity contribution in [2.75, 3.05) is 84.8 Å². The molecule has 416 valence electrons. The number of esters is 1. The van der Waals surface area contributed by atoms with Crippen molar-refractivity contribution in [2.45, 2.75) is 153 Å². The number of anilines is 1. The van der Waals surface area contributed by atoms with Crippen molar-refractivity contribution in [3.8, 4) is 22.5 Å². The van der Waals surface area contributed by atoms with Crippen molar-refractivity contribution in [3.05, 3.63) is 52.1 Å². The van der Waals surface area contributed by atoms with Gasteiger partial charge in [-0.05, 0) is 101 Å². The highest BCUT2D eigenvalue weighted by Gasteiger charge is 2.54. The predicted octanol–water partition coefficient (Wildman–Crippen LogP) is 6.30. The molecule has 1 aromatic carbocycles. The Morgan fingerprint density at radius 2 is 1.75 bits per heavy atom. The predicted molar refractivity (Wildman–Crippen MR) is 292 cm³/mol. The summed E-state index contributed by atoms with van der Waals surface area (Å²) in [6, 6.07) is 7.10.